The molecule has 6 heteroatoms. The molecule has 1 unspecified atom stereocenters. The van der Waals surface area contributed by atoms with Gasteiger partial charge < -0.3 is 10.6 Å². The van der Waals surface area contributed by atoms with Gasteiger partial charge in [0.2, 0.25) is 0 Å². The molecule has 0 fully saturated rings. The molecule has 0 aliphatic heterocycles. The Morgan fingerprint density at radius 3 is 2.54 bits per heavy atom. The van der Waals surface area contributed by atoms with Crippen LogP contribution in [0.15, 0.2) is 24.3 Å². The van der Waals surface area contributed by atoms with Gasteiger partial charge in [0.15, 0.2) is 0 Å². The Morgan fingerprint density at radius 2 is 1.96 bits per heavy atom. The largest absolute Gasteiger partial charge is 0.341 e. The van der Waals surface area contributed by atoms with E-state index in [4.69, 9.17) is 5.73 Å². The fraction of sp³-hybridized carbons (Fsp3) is 0.444. The van der Waals surface area contributed by atoms with Gasteiger partial charge in [-0.25, -0.2) is 9.37 Å². The van der Waals surface area contributed by atoms with E-state index in [1.807, 2.05) is 6.92 Å². The highest BCUT2D eigenvalue weighted by atomic mass is 32.1. The Morgan fingerprint density at radius 1 is 1.33 bits per heavy atom. The Bertz CT molecular complexity index is 697. The van der Waals surface area contributed by atoms with Crippen molar-refractivity contribution < 1.29 is 9.18 Å². The second-order valence-electron chi connectivity index (χ2n) is 6.36. The van der Waals surface area contributed by atoms with E-state index in [1.54, 1.807) is 24.1 Å². The summed E-state index contributed by atoms with van der Waals surface area (Å²) in [7, 11) is 1.78. The number of thiazole rings is 1. The van der Waals surface area contributed by atoms with Gasteiger partial charge in [-0.3, -0.25) is 4.79 Å². The fourth-order valence-corrected chi connectivity index (χ4v) is 3.33. The summed E-state index contributed by atoms with van der Waals surface area (Å²) >= 11 is 1.34. The minimum absolute atomic E-state index is 0.0469. The van der Waals surface area contributed by atoms with E-state index in [0.717, 1.165) is 17.0 Å². The third-order valence-corrected chi connectivity index (χ3v) is 5.28. The molecule has 1 aromatic carbocycles. The van der Waals surface area contributed by atoms with E-state index in [0.29, 0.717) is 23.0 Å². The lowest BCUT2D eigenvalue weighted by molar-refractivity contribution is 0.0793. The predicted octanol–water partition coefficient (Wildman–Crippen LogP) is 3.70. The SMILES string of the molecule is Cc1nc(-c2ccc(F)cc2)sc1C(=O)N(C)CCC(N)C(C)C. The van der Waals surface area contributed by atoms with Gasteiger partial charge in [-0.15, -0.1) is 11.3 Å². The first-order valence-electron chi connectivity index (χ1n) is 8.04. The fourth-order valence-electron chi connectivity index (χ4n) is 2.26. The van der Waals surface area contributed by atoms with E-state index >= 15 is 0 Å². The van der Waals surface area contributed by atoms with Gasteiger partial charge >= 0.3 is 0 Å². The van der Waals surface area contributed by atoms with Crippen LogP contribution >= 0.6 is 11.3 Å². The number of hydrogen-bond donors (Lipinski definition) is 1. The second kappa shape index (κ2) is 7.85. The third kappa shape index (κ3) is 4.39. The standard InChI is InChI=1S/C18H24FN3OS/c1-11(2)15(20)9-10-22(4)18(23)16-12(3)21-17(24-16)13-5-7-14(19)8-6-13/h5-8,11,15H,9-10,20H2,1-4H3. The zero-order valence-electron chi connectivity index (χ0n) is 14.5. The van der Waals surface area contributed by atoms with Crippen LogP contribution in [-0.4, -0.2) is 35.4 Å². The minimum Gasteiger partial charge on any atom is -0.341 e. The Labute approximate surface area is 146 Å². The maximum Gasteiger partial charge on any atom is 0.265 e. The van der Waals surface area contributed by atoms with Gasteiger partial charge in [-0.05, 0) is 43.5 Å². The van der Waals surface area contributed by atoms with Gasteiger partial charge in [0.1, 0.15) is 15.7 Å². The number of hydrogen-bond acceptors (Lipinski definition) is 4. The van der Waals surface area contributed by atoms with Gasteiger partial charge in [-0.2, -0.15) is 0 Å². The first-order chi connectivity index (χ1) is 11.3. The normalized spacial score (nSPS) is 12.5. The van der Waals surface area contributed by atoms with Crippen LogP contribution in [0.5, 0.6) is 0 Å². The molecule has 1 atom stereocenters. The maximum atomic E-state index is 13.0. The minimum atomic E-state index is -0.287. The van der Waals surface area contributed by atoms with Crippen LogP contribution in [0.3, 0.4) is 0 Å². The van der Waals surface area contributed by atoms with Crippen LogP contribution in [0.1, 0.15) is 35.6 Å². The maximum absolute atomic E-state index is 13.0. The molecule has 0 saturated carbocycles. The van der Waals surface area contributed by atoms with Gasteiger partial charge in [0.25, 0.3) is 5.91 Å². The van der Waals surface area contributed by atoms with Crippen molar-refractivity contribution in [3.8, 4) is 10.6 Å². The topological polar surface area (TPSA) is 59.2 Å². The van der Waals surface area contributed by atoms with Gasteiger partial charge in [0, 0.05) is 25.2 Å². The first-order valence-corrected chi connectivity index (χ1v) is 8.85. The molecule has 1 amide bonds. The molecule has 2 N–H and O–H groups in total. The quantitative estimate of drug-likeness (QED) is 0.865. The van der Waals surface area contributed by atoms with E-state index in [1.165, 1.54) is 23.5 Å². The van der Waals surface area contributed by atoms with Crippen molar-refractivity contribution in [2.75, 3.05) is 13.6 Å². The molecule has 2 aromatic rings. The van der Waals surface area contributed by atoms with Crippen molar-refractivity contribution in [2.45, 2.75) is 33.2 Å². The molecule has 4 nitrogen and oxygen atoms in total. The van der Waals surface area contributed by atoms with Crippen LogP contribution in [-0.2, 0) is 0 Å². The van der Waals surface area contributed by atoms with Crippen molar-refractivity contribution in [3.05, 3.63) is 40.7 Å². The molecule has 24 heavy (non-hydrogen) atoms. The molecule has 2 rings (SSSR count). The molecule has 1 heterocycles. The third-order valence-electron chi connectivity index (χ3n) is 4.08. The summed E-state index contributed by atoms with van der Waals surface area (Å²) in [6.45, 7) is 6.59. The van der Waals surface area contributed by atoms with E-state index in [2.05, 4.69) is 18.8 Å². The number of benzene rings is 1. The number of nitrogens with two attached hydrogens (primary N) is 1. The molecule has 0 aliphatic rings. The van der Waals surface area contributed by atoms with Gasteiger partial charge in [0.05, 0.1) is 5.69 Å². The molecule has 130 valence electrons. The number of halogens is 1. The van der Waals surface area contributed by atoms with Crippen LogP contribution in [0.4, 0.5) is 4.39 Å². The van der Waals surface area contributed by atoms with Crippen LogP contribution in [0.25, 0.3) is 10.6 Å². The number of carbonyl (C=O) groups is 1. The van der Waals surface area contributed by atoms with Crippen molar-refractivity contribution >= 4 is 17.2 Å². The molecule has 0 saturated heterocycles. The van der Waals surface area contributed by atoms with Gasteiger partial charge in [-0.1, -0.05) is 13.8 Å². The zero-order chi connectivity index (χ0) is 17.9. The lowest BCUT2D eigenvalue weighted by atomic mass is 10.0. The average Bonchev–Trinajstić information content (AvgIpc) is 2.93. The number of aromatic nitrogens is 1. The van der Waals surface area contributed by atoms with Crippen LogP contribution in [0, 0.1) is 18.7 Å². The highest BCUT2D eigenvalue weighted by molar-refractivity contribution is 7.17. The molecule has 1 aromatic heterocycles. The molecular formula is C18H24FN3OS. The summed E-state index contributed by atoms with van der Waals surface area (Å²) in [5, 5.41) is 0.725. The lowest BCUT2D eigenvalue weighted by Gasteiger charge is -2.21. The molecule has 0 spiro atoms. The van der Waals surface area contributed by atoms with Crippen molar-refractivity contribution in [3.63, 3.8) is 0 Å². The molecule has 0 radical (unpaired) electrons. The smallest absolute Gasteiger partial charge is 0.265 e. The highest BCUT2D eigenvalue weighted by Crippen LogP contribution is 2.28. The summed E-state index contributed by atoms with van der Waals surface area (Å²) in [4.78, 5) is 19.4. The number of rotatable bonds is 6. The van der Waals surface area contributed by atoms with Crippen molar-refractivity contribution in [1.29, 1.82) is 0 Å². The van der Waals surface area contributed by atoms with Crippen LogP contribution < -0.4 is 5.73 Å². The number of carbonyl (C=O) groups excluding carboxylic acids is 1. The van der Waals surface area contributed by atoms with E-state index < -0.39 is 0 Å². The van der Waals surface area contributed by atoms with E-state index in [-0.39, 0.29) is 17.8 Å². The van der Waals surface area contributed by atoms with Crippen molar-refractivity contribution in [1.82, 2.24) is 9.88 Å². The average molecular weight is 349 g/mol. The monoisotopic (exact) mass is 349 g/mol. The molecule has 0 bridgehead atoms. The second-order valence-corrected chi connectivity index (χ2v) is 7.36. The number of aryl methyl sites for hydroxylation is 1. The zero-order valence-corrected chi connectivity index (χ0v) is 15.4. The first kappa shape index (κ1) is 18.5. The Kier molecular flexibility index (Phi) is 6.07. The predicted molar refractivity (Wildman–Crippen MR) is 96.6 cm³/mol. The number of amides is 1. The summed E-state index contributed by atoms with van der Waals surface area (Å²) < 4.78 is 13.0. The highest BCUT2D eigenvalue weighted by Gasteiger charge is 2.20. The van der Waals surface area contributed by atoms with Crippen LogP contribution in [0.2, 0.25) is 0 Å². The van der Waals surface area contributed by atoms with E-state index in [9.17, 15) is 9.18 Å². The Balaban J connectivity index is 2.11. The summed E-state index contributed by atoms with van der Waals surface area (Å²) in [6, 6.07) is 6.22. The lowest BCUT2D eigenvalue weighted by Crippen LogP contribution is -2.34. The Hall–Kier alpha value is -1.79. The summed E-state index contributed by atoms with van der Waals surface area (Å²) in [6.07, 6.45) is 0.766. The molecular weight excluding hydrogens is 325 g/mol. The number of nitrogens with zero attached hydrogens (tertiary/aromatic N) is 2. The van der Waals surface area contributed by atoms with Crippen molar-refractivity contribution in [2.24, 2.45) is 11.7 Å². The summed E-state index contributed by atoms with van der Waals surface area (Å²) in [5.41, 5.74) is 7.56. The molecule has 0 aliphatic carbocycles. The summed E-state index contributed by atoms with van der Waals surface area (Å²) in [5.74, 6) is 0.0580.